The molecule has 6 nitrogen and oxygen atoms in total. The molecular formula is C10H16N2O4S2. The summed E-state index contributed by atoms with van der Waals surface area (Å²) in [5, 5.41) is 3.31. The molecule has 3 N–H and O–H groups in total. The number of nitrogen functional groups attached to an aromatic ring is 1. The van der Waals surface area contributed by atoms with Crippen LogP contribution in [0.15, 0.2) is 4.90 Å². The number of hydrogen-bond donors (Lipinski definition) is 2. The van der Waals surface area contributed by atoms with Gasteiger partial charge in [-0.25, -0.2) is 8.42 Å². The average molecular weight is 292 g/mol. The number of hydrogen-bond acceptors (Lipinski definition) is 7. The van der Waals surface area contributed by atoms with Crippen LogP contribution in [0, 0.1) is 0 Å². The highest BCUT2D eigenvalue weighted by Gasteiger charge is 2.25. The molecule has 0 aliphatic carbocycles. The van der Waals surface area contributed by atoms with E-state index in [-0.39, 0.29) is 21.2 Å². The predicted octanol–water partition coefficient (Wildman–Crippen LogP) is 0.995. The van der Waals surface area contributed by atoms with Crippen molar-refractivity contribution >= 4 is 37.6 Å². The van der Waals surface area contributed by atoms with E-state index in [0.29, 0.717) is 18.2 Å². The zero-order chi connectivity index (χ0) is 13.9. The van der Waals surface area contributed by atoms with Gasteiger partial charge in [0.1, 0.15) is 9.90 Å². The summed E-state index contributed by atoms with van der Waals surface area (Å²) in [5.41, 5.74) is 5.76. The standard InChI is InChI=1S/C10H16N2O4S2/c1-6(13)8-7(11)9(18(3,14)15)10(17-8)12-4-5-16-2/h12H,4-5,11H2,1-3H3. The molecule has 18 heavy (non-hydrogen) atoms. The summed E-state index contributed by atoms with van der Waals surface area (Å²) in [7, 11) is -1.94. The van der Waals surface area contributed by atoms with Crippen LogP contribution in [0.2, 0.25) is 0 Å². The topological polar surface area (TPSA) is 98.5 Å². The second-order valence-electron chi connectivity index (χ2n) is 3.75. The summed E-state index contributed by atoms with van der Waals surface area (Å²) in [5.74, 6) is -0.248. The van der Waals surface area contributed by atoms with Crippen molar-refractivity contribution in [2.45, 2.75) is 11.8 Å². The van der Waals surface area contributed by atoms with Crippen molar-refractivity contribution in [2.24, 2.45) is 0 Å². The number of ether oxygens (including phenoxy) is 1. The first-order valence-electron chi connectivity index (χ1n) is 5.15. The molecule has 0 aliphatic rings. The molecule has 0 fully saturated rings. The number of ketones is 1. The maximum Gasteiger partial charge on any atom is 0.180 e. The Morgan fingerprint density at radius 3 is 2.56 bits per heavy atom. The van der Waals surface area contributed by atoms with E-state index in [4.69, 9.17) is 10.5 Å². The molecule has 1 aromatic heterocycles. The van der Waals surface area contributed by atoms with Gasteiger partial charge in [0.05, 0.1) is 17.2 Å². The van der Waals surface area contributed by atoms with Gasteiger partial charge in [-0.3, -0.25) is 4.79 Å². The van der Waals surface area contributed by atoms with Crippen LogP contribution in [0.5, 0.6) is 0 Å². The maximum absolute atomic E-state index is 11.7. The van der Waals surface area contributed by atoms with Gasteiger partial charge in [-0.15, -0.1) is 11.3 Å². The summed E-state index contributed by atoms with van der Waals surface area (Å²) in [4.78, 5) is 11.6. The molecule has 0 saturated carbocycles. The van der Waals surface area contributed by atoms with Crippen LogP contribution in [0.4, 0.5) is 10.7 Å². The Bertz CT molecular complexity index is 548. The van der Waals surface area contributed by atoms with E-state index < -0.39 is 9.84 Å². The normalized spacial score (nSPS) is 11.5. The molecule has 1 rings (SSSR count). The Hall–Kier alpha value is -1.12. The largest absolute Gasteiger partial charge is 0.396 e. The molecule has 0 radical (unpaired) electrons. The van der Waals surface area contributed by atoms with Gasteiger partial charge in [0, 0.05) is 26.8 Å². The van der Waals surface area contributed by atoms with E-state index in [1.165, 1.54) is 6.92 Å². The Morgan fingerprint density at radius 2 is 2.11 bits per heavy atom. The molecule has 0 amide bonds. The van der Waals surface area contributed by atoms with Crippen molar-refractivity contribution in [1.29, 1.82) is 0 Å². The maximum atomic E-state index is 11.7. The number of rotatable bonds is 6. The van der Waals surface area contributed by atoms with Crippen LogP contribution in [-0.4, -0.2) is 40.7 Å². The number of nitrogens with one attached hydrogen (secondary N) is 1. The first-order chi connectivity index (χ1) is 8.29. The highest BCUT2D eigenvalue weighted by Crippen LogP contribution is 2.39. The Morgan fingerprint density at radius 1 is 1.50 bits per heavy atom. The lowest BCUT2D eigenvalue weighted by Gasteiger charge is -2.05. The fourth-order valence-electron chi connectivity index (χ4n) is 1.44. The monoisotopic (exact) mass is 292 g/mol. The van der Waals surface area contributed by atoms with Crippen molar-refractivity contribution in [2.75, 3.05) is 37.6 Å². The lowest BCUT2D eigenvalue weighted by Crippen LogP contribution is -2.10. The third-order valence-electron chi connectivity index (χ3n) is 2.18. The SMILES string of the molecule is COCCNc1sc(C(C)=O)c(N)c1S(C)(=O)=O. The number of carbonyl (C=O) groups is 1. The second kappa shape index (κ2) is 5.68. The fourth-order valence-corrected chi connectivity index (χ4v) is 3.93. The van der Waals surface area contributed by atoms with Gasteiger partial charge in [0.15, 0.2) is 15.6 Å². The number of methoxy groups -OCH3 is 1. The van der Waals surface area contributed by atoms with Gasteiger partial charge in [-0.05, 0) is 0 Å². The average Bonchev–Trinajstić information content (AvgIpc) is 2.55. The van der Waals surface area contributed by atoms with Gasteiger partial charge in [0.2, 0.25) is 0 Å². The van der Waals surface area contributed by atoms with E-state index in [2.05, 4.69) is 5.32 Å². The Balaban J connectivity index is 3.23. The van der Waals surface area contributed by atoms with E-state index in [9.17, 15) is 13.2 Å². The van der Waals surface area contributed by atoms with E-state index >= 15 is 0 Å². The minimum atomic E-state index is -3.48. The third kappa shape index (κ3) is 3.21. The number of carbonyl (C=O) groups excluding carboxylic acids is 1. The Labute approximate surface area is 110 Å². The van der Waals surface area contributed by atoms with Crippen LogP contribution in [-0.2, 0) is 14.6 Å². The number of thiophene rings is 1. The van der Waals surface area contributed by atoms with Gasteiger partial charge in [-0.2, -0.15) is 0 Å². The number of sulfone groups is 1. The number of nitrogens with two attached hydrogens (primary N) is 1. The predicted molar refractivity (Wildman–Crippen MR) is 72.2 cm³/mol. The van der Waals surface area contributed by atoms with Gasteiger partial charge in [-0.1, -0.05) is 0 Å². The first-order valence-corrected chi connectivity index (χ1v) is 7.86. The van der Waals surface area contributed by atoms with Crippen molar-refractivity contribution in [3.8, 4) is 0 Å². The van der Waals surface area contributed by atoms with Gasteiger partial charge < -0.3 is 15.8 Å². The van der Waals surface area contributed by atoms with Gasteiger partial charge in [0.25, 0.3) is 0 Å². The highest BCUT2D eigenvalue weighted by atomic mass is 32.2. The Kier molecular flexibility index (Phi) is 4.71. The number of Topliss-reactive ketones (excluding diaryl/α,β-unsaturated/α-hetero) is 1. The minimum absolute atomic E-state index is 0.00574. The van der Waals surface area contributed by atoms with Crippen molar-refractivity contribution < 1.29 is 17.9 Å². The molecule has 102 valence electrons. The van der Waals surface area contributed by atoms with Crippen molar-refractivity contribution in [3.05, 3.63) is 4.88 Å². The number of anilines is 2. The first kappa shape index (κ1) is 14.9. The zero-order valence-electron chi connectivity index (χ0n) is 10.4. The fraction of sp³-hybridized carbons (Fsp3) is 0.500. The van der Waals surface area contributed by atoms with E-state index in [0.717, 1.165) is 17.6 Å². The second-order valence-corrected chi connectivity index (χ2v) is 6.72. The van der Waals surface area contributed by atoms with Crippen LogP contribution in [0.25, 0.3) is 0 Å². The molecule has 1 heterocycles. The molecule has 0 bridgehead atoms. The molecule has 0 aliphatic heterocycles. The zero-order valence-corrected chi connectivity index (χ0v) is 12.1. The van der Waals surface area contributed by atoms with E-state index in [1.807, 2.05) is 0 Å². The molecule has 0 atom stereocenters. The quantitative estimate of drug-likeness (QED) is 0.599. The smallest absolute Gasteiger partial charge is 0.180 e. The summed E-state index contributed by atoms with van der Waals surface area (Å²) in [6, 6.07) is 0. The summed E-state index contributed by atoms with van der Waals surface area (Å²) >= 11 is 1.05. The summed E-state index contributed by atoms with van der Waals surface area (Å²) < 4.78 is 28.2. The summed E-state index contributed by atoms with van der Waals surface area (Å²) in [6.45, 7) is 2.22. The van der Waals surface area contributed by atoms with Crippen LogP contribution < -0.4 is 11.1 Å². The molecule has 0 unspecified atom stereocenters. The highest BCUT2D eigenvalue weighted by molar-refractivity contribution is 7.91. The van der Waals surface area contributed by atoms with Crippen LogP contribution in [0.1, 0.15) is 16.6 Å². The van der Waals surface area contributed by atoms with Crippen molar-refractivity contribution in [3.63, 3.8) is 0 Å². The van der Waals surface area contributed by atoms with Crippen molar-refractivity contribution in [1.82, 2.24) is 0 Å². The van der Waals surface area contributed by atoms with E-state index in [1.54, 1.807) is 7.11 Å². The molecular weight excluding hydrogens is 276 g/mol. The molecule has 0 saturated heterocycles. The molecule has 8 heteroatoms. The molecule has 0 spiro atoms. The lowest BCUT2D eigenvalue weighted by atomic mass is 10.3. The molecule has 0 aromatic carbocycles. The lowest BCUT2D eigenvalue weighted by molar-refractivity contribution is 0.102. The van der Waals surface area contributed by atoms with Crippen LogP contribution >= 0.6 is 11.3 Å². The van der Waals surface area contributed by atoms with Crippen LogP contribution in [0.3, 0.4) is 0 Å². The molecule has 1 aromatic rings. The third-order valence-corrected chi connectivity index (χ3v) is 4.74. The van der Waals surface area contributed by atoms with Gasteiger partial charge >= 0.3 is 0 Å². The minimum Gasteiger partial charge on any atom is -0.396 e. The summed E-state index contributed by atoms with van der Waals surface area (Å²) in [6.07, 6.45) is 1.07.